The van der Waals surface area contributed by atoms with Crippen molar-refractivity contribution in [2.24, 2.45) is 0 Å². The summed E-state index contributed by atoms with van der Waals surface area (Å²) in [6.45, 7) is 2.97. The number of hydrogen-bond donors (Lipinski definition) is 2. The maximum atomic E-state index is 11.2. The minimum atomic E-state index is -1.02. The number of hydrogen-bond acceptors (Lipinski definition) is 4. The van der Waals surface area contributed by atoms with Crippen molar-refractivity contribution < 1.29 is 19.4 Å². The van der Waals surface area contributed by atoms with Gasteiger partial charge < -0.3 is 19.9 Å². The largest absolute Gasteiger partial charge is 0.490 e. The molecule has 0 unspecified atom stereocenters. The van der Waals surface area contributed by atoms with Crippen LogP contribution < -0.4 is 14.8 Å². The van der Waals surface area contributed by atoms with E-state index in [1.54, 1.807) is 18.2 Å². The van der Waals surface area contributed by atoms with Crippen LogP contribution in [0.25, 0.3) is 0 Å². The molecule has 0 aromatic heterocycles. The fourth-order valence-corrected chi connectivity index (χ4v) is 3.98. The molecule has 0 aliphatic rings. The van der Waals surface area contributed by atoms with E-state index in [0.717, 1.165) is 15.6 Å². The molecule has 0 aliphatic heterocycles. The lowest BCUT2D eigenvalue weighted by atomic mass is 10.1. The smallest absolute Gasteiger partial charge is 0.335 e. The third kappa shape index (κ3) is 6.23. The molecule has 32 heavy (non-hydrogen) atoms. The first-order valence-electron chi connectivity index (χ1n) is 9.57. The van der Waals surface area contributed by atoms with E-state index in [1.165, 1.54) is 12.1 Å². The Labute approximate surface area is 209 Å². The molecule has 0 atom stereocenters. The zero-order valence-corrected chi connectivity index (χ0v) is 20.8. The van der Waals surface area contributed by atoms with E-state index in [1.807, 2.05) is 25.1 Å². The summed E-state index contributed by atoms with van der Waals surface area (Å²) >= 11 is 22.0. The summed E-state index contributed by atoms with van der Waals surface area (Å²) in [5, 5.41) is 13.9. The molecule has 2 N–H and O–H groups in total. The third-order valence-electron chi connectivity index (χ3n) is 4.49. The second kappa shape index (κ2) is 11.1. The molecule has 3 aromatic carbocycles. The Hall–Kier alpha value is -2.12. The van der Waals surface area contributed by atoms with Crippen LogP contribution in [0.1, 0.15) is 28.4 Å². The normalized spacial score (nSPS) is 10.7. The fraction of sp³-hybridized carbons (Fsp3) is 0.174. The lowest BCUT2D eigenvalue weighted by Crippen LogP contribution is -2.05. The molecule has 5 nitrogen and oxygen atoms in total. The summed E-state index contributed by atoms with van der Waals surface area (Å²) in [5.74, 6) is 0.106. The van der Waals surface area contributed by atoms with Crippen LogP contribution in [-0.4, -0.2) is 17.7 Å². The van der Waals surface area contributed by atoms with Crippen LogP contribution in [0.2, 0.25) is 15.1 Å². The lowest BCUT2D eigenvalue weighted by Gasteiger charge is -2.16. The van der Waals surface area contributed by atoms with Gasteiger partial charge in [0.2, 0.25) is 0 Å². The Balaban J connectivity index is 1.79. The van der Waals surface area contributed by atoms with Gasteiger partial charge in [-0.2, -0.15) is 0 Å². The Morgan fingerprint density at radius 2 is 1.72 bits per heavy atom. The summed E-state index contributed by atoms with van der Waals surface area (Å²) in [6.07, 6.45) is 0. The van der Waals surface area contributed by atoms with Gasteiger partial charge in [-0.3, -0.25) is 0 Å². The van der Waals surface area contributed by atoms with Gasteiger partial charge in [0, 0.05) is 26.6 Å². The molecule has 3 aromatic rings. The number of carboxylic acid groups (broad SMARTS) is 1. The van der Waals surface area contributed by atoms with Crippen LogP contribution in [0.5, 0.6) is 11.5 Å². The quantitative estimate of drug-likeness (QED) is 0.281. The highest BCUT2D eigenvalue weighted by atomic mass is 79.9. The first kappa shape index (κ1) is 24.5. The number of aromatic carboxylic acids is 1. The molecule has 0 bridgehead atoms. The molecule has 9 heteroatoms. The van der Waals surface area contributed by atoms with Gasteiger partial charge in [-0.1, -0.05) is 56.8 Å². The molecule has 0 saturated carbocycles. The molecular formula is C23H19BrCl3NO4. The van der Waals surface area contributed by atoms with Gasteiger partial charge in [-0.25, -0.2) is 4.79 Å². The molecule has 0 fully saturated rings. The van der Waals surface area contributed by atoms with Crippen molar-refractivity contribution in [1.29, 1.82) is 0 Å². The van der Waals surface area contributed by atoms with Gasteiger partial charge >= 0.3 is 5.97 Å². The number of carbonyl (C=O) groups is 1. The maximum Gasteiger partial charge on any atom is 0.335 e. The Morgan fingerprint density at radius 1 is 0.969 bits per heavy atom. The number of rotatable bonds is 9. The second-order valence-corrected chi connectivity index (χ2v) is 8.81. The molecule has 0 heterocycles. The molecular weight excluding hydrogens is 541 g/mol. The summed E-state index contributed by atoms with van der Waals surface area (Å²) in [6, 6.07) is 13.4. The van der Waals surface area contributed by atoms with Gasteiger partial charge in [0.15, 0.2) is 11.5 Å². The van der Waals surface area contributed by atoms with Crippen LogP contribution >= 0.6 is 50.7 Å². The lowest BCUT2D eigenvalue weighted by molar-refractivity contribution is 0.0697. The predicted molar refractivity (Wildman–Crippen MR) is 132 cm³/mol. The summed E-state index contributed by atoms with van der Waals surface area (Å²) in [4.78, 5) is 11.2. The summed E-state index contributed by atoms with van der Waals surface area (Å²) in [5.41, 5.74) is 2.35. The number of halogens is 4. The Morgan fingerprint density at radius 3 is 2.41 bits per heavy atom. The van der Waals surface area contributed by atoms with Gasteiger partial charge in [0.1, 0.15) is 6.61 Å². The molecule has 0 spiro atoms. The Kier molecular flexibility index (Phi) is 8.54. The SMILES string of the molecule is CCOc1cc(CNc2cc(C(=O)O)ccc2Cl)c(Br)cc1OCc1ccc(Cl)cc1Cl. The van der Waals surface area contributed by atoms with Crippen molar-refractivity contribution in [3.05, 3.63) is 84.8 Å². The van der Waals surface area contributed by atoms with Crippen LogP contribution in [-0.2, 0) is 13.2 Å². The Bertz CT molecular complexity index is 1140. The number of carboxylic acids is 1. The van der Waals surface area contributed by atoms with Crippen molar-refractivity contribution in [2.75, 3.05) is 11.9 Å². The van der Waals surface area contributed by atoms with Gasteiger partial charge in [0.25, 0.3) is 0 Å². The molecule has 0 saturated heterocycles. The number of anilines is 1. The van der Waals surface area contributed by atoms with Crippen molar-refractivity contribution in [3.8, 4) is 11.5 Å². The number of ether oxygens (including phenoxy) is 2. The average Bonchev–Trinajstić information content (AvgIpc) is 2.74. The van der Waals surface area contributed by atoms with Crippen molar-refractivity contribution in [3.63, 3.8) is 0 Å². The van der Waals surface area contributed by atoms with E-state index in [4.69, 9.17) is 44.3 Å². The fourth-order valence-electron chi connectivity index (χ4n) is 2.87. The van der Waals surface area contributed by atoms with Crippen molar-refractivity contribution in [1.82, 2.24) is 0 Å². The van der Waals surface area contributed by atoms with Crippen LogP contribution in [0.3, 0.4) is 0 Å². The topological polar surface area (TPSA) is 67.8 Å². The van der Waals surface area contributed by atoms with E-state index < -0.39 is 5.97 Å². The minimum absolute atomic E-state index is 0.149. The van der Waals surface area contributed by atoms with E-state index in [-0.39, 0.29) is 12.2 Å². The molecule has 0 amide bonds. The summed E-state index contributed by atoms with van der Waals surface area (Å²) in [7, 11) is 0. The van der Waals surface area contributed by atoms with E-state index >= 15 is 0 Å². The molecule has 3 rings (SSSR count). The van der Waals surface area contributed by atoms with E-state index in [0.29, 0.717) is 45.4 Å². The predicted octanol–water partition coefficient (Wildman–Crippen LogP) is 7.70. The van der Waals surface area contributed by atoms with Gasteiger partial charge in [0.05, 0.1) is 22.9 Å². The standard InChI is InChI=1S/C23H19BrCl3NO4/c1-2-31-21-8-15(11-28-20-7-13(23(29)30)4-6-18(20)26)17(24)10-22(21)32-12-14-3-5-16(25)9-19(14)27/h3-10,28H,2,11-12H2,1H3,(H,29,30). The van der Waals surface area contributed by atoms with Crippen LogP contribution in [0.4, 0.5) is 5.69 Å². The minimum Gasteiger partial charge on any atom is -0.490 e. The number of nitrogens with one attached hydrogen (secondary N) is 1. The molecule has 0 radical (unpaired) electrons. The van der Waals surface area contributed by atoms with Crippen LogP contribution in [0.15, 0.2) is 53.0 Å². The summed E-state index contributed by atoms with van der Waals surface area (Å²) < 4.78 is 12.5. The highest BCUT2D eigenvalue weighted by Gasteiger charge is 2.14. The third-order valence-corrected chi connectivity index (χ3v) is 6.15. The van der Waals surface area contributed by atoms with Gasteiger partial charge in [-0.05, 0) is 55.0 Å². The molecule has 168 valence electrons. The first-order chi connectivity index (χ1) is 15.3. The van der Waals surface area contributed by atoms with Crippen molar-refractivity contribution in [2.45, 2.75) is 20.1 Å². The maximum absolute atomic E-state index is 11.2. The zero-order chi connectivity index (χ0) is 23.3. The highest BCUT2D eigenvalue weighted by Crippen LogP contribution is 2.36. The highest BCUT2D eigenvalue weighted by molar-refractivity contribution is 9.10. The average molecular weight is 560 g/mol. The molecule has 0 aliphatic carbocycles. The van der Waals surface area contributed by atoms with E-state index in [2.05, 4.69) is 21.2 Å². The second-order valence-electron chi connectivity index (χ2n) is 6.70. The van der Waals surface area contributed by atoms with Crippen molar-refractivity contribution >= 4 is 62.4 Å². The van der Waals surface area contributed by atoms with Gasteiger partial charge in [-0.15, -0.1) is 0 Å². The monoisotopic (exact) mass is 557 g/mol. The number of benzene rings is 3. The first-order valence-corrected chi connectivity index (χ1v) is 11.5. The van der Waals surface area contributed by atoms with Crippen LogP contribution in [0, 0.1) is 0 Å². The zero-order valence-electron chi connectivity index (χ0n) is 16.9. The van der Waals surface area contributed by atoms with E-state index in [9.17, 15) is 9.90 Å².